The molecule has 2 aromatic rings. The van der Waals surface area contributed by atoms with E-state index < -0.39 is 0 Å². The van der Waals surface area contributed by atoms with Crippen LogP contribution in [0.15, 0.2) is 18.7 Å². The van der Waals surface area contributed by atoms with Crippen molar-refractivity contribution in [3.8, 4) is 0 Å². The van der Waals surface area contributed by atoms with Crippen LogP contribution in [-0.4, -0.2) is 19.7 Å². The molecule has 1 unspecified atom stereocenters. The van der Waals surface area contributed by atoms with Crippen molar-refractivity contribution < 1.29 is 0 Å². The molecule has 2 rings (SSSR count). The Hall–Kier alpha value is -1.45. The average molecular weight is 176 g/mol. The van der Waals surface area contributed by atoms with Crippen LogP contribution in [0.25, 0.3) is 11.0 Å². The second kappa shape index (κ2) is 3.12. The summed E-state index contributed by atoms with van der Waals surface area (Å²) in [6.07, 6.45) is 6.21. The van der Waals surface area contributed by atoms with Gasteiger partial charge in [-0.05, 0) is 13.3 Å². The van der Waals surface area contributed by atoms with Crippen LogP contribution in [0, 0.1) is 0 Å². The summed E-state index contributed by atoms with van der Waals surface area (Å²) < 4.78 is 1.94. The quantitative estimate of drug-likeness (QED) is 0.700. The van der Waals surface area contributed by atoms with Crippen LogP contribution in [0.1, 0.15) is 26.3 Å². The molecule has 0 bridgehead atoms. The molecule has 0 saturated carbocycles. The molecule has 0 radical (unpaired) electrons. The lowest BCUT2D eigenvalue weighted by molar-refractivity contribution is 0.489. The van der Waals surface area contributed by atoms with Crippen LogP contribution in [0.5, 0.6) is 0 Å². The van der Waals surface area contributed by atoms with Gasteiger partial charge in [-0.15, -0.1) is 0 Å². The standard InChI is InChI=1S/C9H12N4/c1-3-7(2)13-9-8(5-12-13)4-10-6-11-9/h4-7H,3H2,1-2H3. The van der Waals surface area contributed by atoms with Gasteiger partial charge in [0.1, 0.15) is 6.33 Å². The molecule has 4 nitrogen and oxygen atoms in total. The van der Waals surface area contributed by atoms with Crippen LogP contribution < -0.4 is 0 Å². The van der Waals surface area contributed by atoms with Crippen molar-refractivity contribution in [3.05, 3.63) is 18.7 Å². The number of hydrogen-bond acceptors (Lipinski definition) is 3. The Morgan fingerprint density at radius 2 is 2.31 bits per heavy atom. The van der Waals surface area contributed by atoms with E-state index in [1.54, 1.807) is 12.5 Å². The van der Waals surface area contributed by atoms with Crippen molar-refractivity contribution in [2.45, 2.75) is 26.3 Å². The van der Waals surface area contributed by atoms with Gasteiger partial charge in [0, 0.05) is 6.20 Å². The van der Waals surface area contributed by atoms with Gasteiger partial charge in [-0.25, -0.2) is 14.6 Å². The minimum Gasteiger partial charge on any atom is -0.244 e. The molecule has 68 valence electrons. The Morgan fingerprint density at radius 3 is 3.08 bits per heavy atom. The second-order valence-electron chi connectivity index (χ2n) is 3.15. The maximum atomic E-state index is 4.28. The fourth-order valence-corrected chi connectivity index (χ4v) is 1.29. The fraction of sp³-hybridized carbons (Fsp3) is 0.444. The highest BCUT2D eigenvalue weighted by Gasteiger charge is 2.07. The van der Waals surface area contributed by atoms with E-state index in [0.29, 0.717) is 6.04 Å². The molecule has 0 spiro atoms. The summed E-state index contributed by atoms with van der Waals surface area (Å²) in [6.45, 7) is 4.27. The van der Waals surface area contributed by atoms with E-state index >= 15 is 0 Å². The zero-order valence-electron chi connectivity index (χ0n) is 7.81. The SMILES string of the molecule is CCC(C)n1ncc2cncnc21. The van der Waals surface area contributed by atoms with Crippen LogP contribution in [0.4, 0.5) is 0 Å². The Labute approximate surface area is 76.6 Å². The molecule has 0 aromatic carbocycles. The number of aromatic nitrogens is 4. The third-order valence-electron chi connectivity index (χ3n) is 2.27. The molecule has 0 saturated heterocycles. The normalized spacial score (nSPS) is 13.4. The fourth-order valence-electron chi connectivity index (χ4n) is 1.29. The first kappa shape index (κ1) is 8.16. The van der Waals surface area contributed by atoms with Crippen molar-refractivity contribution in [3.63, 3.8) is 0 Å². The minimum atomic E-state index is 0.396. The molecule has 0 N–H and O–H groups in total. The molecule has 0 aliphatic carbocycles. The number of fused-ring (bicyclic) bond motifs is 1. The minimum absolute atomic E-state index is 0.396. The maximum Gasteiger partial charge on any atom is 0.161 e. The summed E-state index contributed by atoms with van der Waals surface area (Å²) >= 11 is 0. The largest absolute Gasteiger partial charge is 0.244 e. The molecular weight excluding hydrogens is 164 g/mol. The average Bonchev–Trinajstić information content (AvgIpc) is 2.60. The first-order chi connectivity index (χ1) is 6.33. The Kier molecular flexibility index (Phi) is 1.96. The van der Waals surface area contributed by atoms with Gasteiger partial charge in [-0.2, -0.15) is 5.10 Å². The first-order valence-corrected chi connectivity index (χ1v) is 4.46. The molecule has 2 aromatic heterocycles. The number of rotatable bonds is 2. The predicted octanol–water partition coefficient (Wildman–Crippen LogP) is 1.80. The number of hydrogen-bond donors (Lipinski definition) is 0. The molecule has 0 aliphatic heterocycles. The van der Waals surface area contributed by atoms with Crippen LogP contribution >= 0.6 is 0 Å². The molecule has 0 aliphatic rings. The van der Waals surface area contributed by atoms with Gasteiger partial charge in [0.2, 0.25) is 0 Å². The predicted molar refractivity (Wildman–Crippen MR) is 50.3 cm³/mol. The lowest BCUT2D eigenvalue weighted by atomic mass is 10.3. The van der Waals surface area contributed by atoms with Gasteiger partial charge in [-0.1, -0.05) is 6.92 Å². The van der Waals surface area contributed by atoms with Gasteiger partial charge >= 0.3 is 0 Å². The van der Waals surface area contributed by atoms with E-state index in [2.05, 4.69) is 28.9 Å². The highest BCUT2D eigenvalue weighted by Crippen LogP contribution is 2.15. The van der Waals surface area contributed by atoms with Gasteiger partial charge in [-0.3, -0.25) is 0 Å². The summed E-state index contributed by atoms with van der Waals surface area (Å²) in [7, 11) is 0. The van der Waals surface area contributed by atoms with E-state index in [-0.39, 0.29) is 0 Å². The lowest BCUT2D eigenvalue weighted by Crippen LogP contribution is -2.05. The smallest absolute Gasteiger partial charge is 0.161 e. The van der Waals surface area contributed by atoms with Gasteiger partial charge in [0.05, 0.1) is 17.6 Å². The highest BCUT2D eigenvalue weighted by atomic mass is 15.3. The van der Waals surface area contributed by atoms with Crippen molar-refractivity contribution in [2.24, 2.45) is 0 Å². The van der Waals surface area contributed by atoms with Crippen molar-refractivity contribution in [1.82, 2.24) is 19.7 Å². The van der Waals surface area contributed by atoms with Crippen LogP contribution in [-0.2, 0) is 0 Å². The maximum absolute atomic E-state index is 4.28. The summed E-state index contributed by atoms with van der Waals surface area (Å²) in [6, 6.07) is 0.396. The lowest BCUT2D eigenvalue weighted by Gasteiger charge is -2.08. The van der Waals surface area contributed by atoms with E-state index in [1.165, 1.54) is 0 Å². The summed E-state index contributed by atoms with van der Waals surface area (Å²) in [5.74, 6) is 0. The zero-order valence-corrected chi connectivity index (χ0v) is 7.81. The van der Waals surface area contributed by atoms with Crippen LogP contribution in [0.2, 0.25) is 0 Å². The second-order valence-corrected chi connectivity index (χ2v) is 3.15. The van der Waals surface area contributed by atoms with E-state index in [4.69, 9.17) is 0 Å². The topological polar surface area (TPSA) is 43.6 Å². The molecular formula is C9H12N4. The molecule has 1 atom stereocenters. The van der Waals surface area contributed by atoms with Crippen LogP contribution in [0.3, 0.4) is 0 Å². The van der Waals surface area contributed by atoms with E-state index in [9.17, 15) is 0 Å². The highest BCUT2D eigenvalue weighted by molar-refractivity contribution is 5.72. The number of nitrogens with zero attached hydrogens (tertiary/aromatic N) is 4. The van der Waals surface area contributed by atoms with Gasteiger partial charge in [0.15, 0.2) is 5.65 Å². The summed E-state index contributed by atoms with van der Waals surface area (Å²) in [5, 5.41) is 5.28. The summed E-state index contributed by atoms with van der Waals surface area (Å²) in [4.78, 5) is 8.15. The Morgan fingerprint density at radius 1 is 1.46 bits per heavy atom. The molecule has 0 fully saturated rings. The monoisotopic (exact) mass is 176 g/mol. The molecule has 2 heterocycles. The Bertz CT molecular complexity index is 407. The van der Waals surface area contributed by atoms with Crippen molar-refractivity contribution in [2.75, 3.05) is 0 Å². The molecule has 0 amide bonds. The van der Waals surface area contributed by atoms with Crippen molar-refractivity contribution >= 4 is 11.0 Å². The zero-order chi connectivity index (χ0) is 9.26. The third-order valence-corrected chi connectivity index (χ3v) is 2.27. The molecule has 4 heteroatoms. The summed E-state index contributed by atoms with van der Waals surface area (Å²) in [5.41, 5.74) is 0.921. The van der Waals surface area contributed by atoms with Crippen molar-refractivity contribution in [1.29, 1.82) is 0 Å². The van der Waals surface area contributed by atoms with E-state index in [1.807, 2.05) is 10.9 Å². The molecule has 13 heavy (non-hydrogen) atoms. The third kappa shape index (κ3) is 1.28. The van der Waals surface area contributed by atoms with Gasteiger partial charge < -0.3 is 0 Å². The van der Waals surface area contributed by atoms with Gasteiger partial charge in [0.25, 0.3) is 0 Å². The van der Waals surface area contributed by atoms with E-state index in [0.717, 1.165) is 17.5 Å². The Balaban J connectivity index is 2.57. The first-order valence-electron chi connectivity index (χ1n) is 4.46.